The van der Waals surface area contributed by atoms with Crippen LogP contribution in [0.2, 0.25) is 0 Å². The highest BCUT2D eigenvalue weighted by Gasteiger charge is 2.57. The van der Waals surface area contributed by atoms with E-state index in [2.05, 4.69) is 0 Å². The minimum absolute atomic E-state index is 0.0942. The fourth-order valence-electron chi connectivity index (χ4n) is 4.96. The normalized spacial score (nSPS) is 29.1. The lowest BCUT2D eigenvalue weighted by molar-refractivity contribution is -0.360. The van der Waals surface area contributed by atoms with Crippen LogP contribution in [0.4, 0.5) is 0 Å². The first-order valence-corrected chi connectivity index (χ1v) is 18.6. The fourth-order valence-corrected chi connectivity index (χ4v) is 6.54. The summed E-state index contributed by atoms with van der Waals surface area (Å²) >= 11 is 0. The van der Waals surface area contributed by atoms with Gasteiger partial charge in [0.15, 0.2) is 52.0 Å². The molecule has 22 heteroatoms. The maximum atomic E-state index is 12.5. The van der Waals surface area contributed by atoms with Crippen molar-refractivity contribution in [1.29, 1.82) is 0 Å². The monoisotopic (exact) mass is 774 g/mol. The van der Waals surface area contributed by atoms with Gasteiger partial charge in [-0.25, -0.2) is 8.42 Å². The van der Waals surface area contributed by atoms with Crippen molar-refractivity contribution in [2.24, 2.45) is 0 Å². The molecular formula is C29H42O20S2. The van der Waals surface area contributed by atoms with Gasteiger partial charge in [-0.1, -0.05) is 0 Å². The second kappa shape index (κ2) is 19.9. The zero-order valence-corrected chi connectivity index (χ0v) is 30.7. The van der Waals surface area contributed by atoms with Gasteiger partial charge in [0, 0.05) is 60.5 Å². The van der Waals surface area contributed by atoms with Gasteiger partial charge in [-0.05, 0) is 10.8 Å². The third kappa shape index (κ3) is 14.9. The van der Waals surface area contributed by atoms with Crippen molar-refractivity contribution in [3.63, 3.8) is 0 Å². The highest BCUT2D eigenvalue weighted by molar-refractivity contribution is 8.71. The third-order valence-electron chi connectivity index (χ3n) is 6.55. The molecule has 0 radical (unpaired) electrons. The summed E-state index contributed by atoms with van der Waals surface area (Å²) in [5, 5.41) is 0. The van der Waals surface area contributed by atoms with Crippen LogP contribution in [0.3, 0.4) is 0 Å². The number of rotatable bonds is 16. The molecule has 2 heterocycles. The van der Waals surface area contributed by atoms with Crippen molar-refractivity contribution in [2.45, 2.75) is 110 Å². The predicted molar refractivity (Wildman–Crippen MR) is 166 cm³/mol. The molecule has 10 atom stereocenters. The molecule has 20 nitrogen and oxygen atoms in total. The van der Waals surface area contributed by atoms with Crippen LogP contribution in [-0.4, -0.2) is 143 Å². The number of carbonyl (C=O) groups excluding carboxylic acids is 7. The molecule has 0 saturated carbocycles. The molecule has 0 spiro atoms. The molecule has 0 unspecified atom stereocenters. The van der Waals surface area contributed by atoms with Gasteiger partial charge in [0.2, 0.25) is 0 Å². The van der Waals surface area contributed by atoms with E-state index < -0.39 is 125 Å². The summed E-state index contributed by atoms with van der Waals surface area (Å²) in [6, 6.07) is 0. The molecule has 2 aliphatic rings. The van der Waals surface area contributed by atoms with Crippen LogP contribution >= 0.6 is 10.8 Å². The van der Waals surface area contributed by atoms with Crippen molar-refractivity contribution < 1.29 is 94.1 Å². The molecule has 0 aromatic heterocycles. The molecule has 0 N–H and O–H groups in total. The number of ether oxygens (including phenoxy) is 11. The van der Waals surface area contributed by atoms with E-state index in [-0.39, 0.29) is 12.4 Å². The maximum absolute atomic E-state index is 12.5. The van der Waals surface area contributed by atoms with E-state index in [9.17, 15) is 42.0 Å². The van der Waals surface area contributed by atoms with E-state index in [0.717, 1.165) is 54.7 Å². The molecule has 2 rings (SSSR count). The van der Waals surface area contributed by atoms with Crippen LogP contribution in [0, 0.1) is 0 Å². The van der Waals surface area contributed by atoms with E-state index >= 15 is 0 Å². The molecule has 290 valence electrons. The SMILES string of the molecule is CC(=O)OC[C@H]1O[C@@H](O[C@H]2[C@H](OC(C)=O)[C@@H](OC(C)=O)[C@H](OCCSS(C)(=O)=O)O[C@@H]2COC(C)=O)[C@H](OC(C)=O)[C@@H](OC(C)=O)[C@H]1OC(C)=O. The summed E-state index contributed by atoms with van der Waals surface area (Å²) in [6.45, 7) is 5.79. The second-order valence-corrected chi connectivity index (χ2v) is 15.6. The first-order valence-electron chi connectivity index (χ1n) is 15.2. The summed E-state index contributed by atoms with van der Waals surface area (Å²) in [5.74, 6) is -6.21. The van der Waals surface area contributed by atoms with Gasteiger partial charge in [-0.3, -0.25) is 33.6 Å². The Morgan fingerprint density at radius 2 is 0.902 bits per heavy atom. The smallest absolute Gasteiger partial charge is 0.303 e. The summed E-state index contributed by atoms with van der Waals surface area (Å²) in [5.41, 5.74) is 0. The Bertz CT molecular complexity index is 1380. The summed E-state index contributed by atoms with van der Waals surface area (Å²) in [7, 11) is -2.91. The van der Waals surface area contributed by atoms with E-state index in [4.69, 9.17) is 52.1 Å². The average molecular weight is 775 g/mol. The van der Waals surface area contributed by atoms with Gasteiger partial charge < -0.3 is 52.1 Å². The van der Waals surface area contributed by atoms with Crippen LogP contribution in [0.1, 0.15) is 48.5 Å². The highest BCUT2D eigenvalue weighted by Crippen LogP contribution is 2.35. The predicted octanol–water partition coefficient (Wildman–Crippen LogP) is -0.684. The Labute approximate surface area is 296 Å². The zero-order chi connectivity index (χ0) is 38.6. The van der Waals surface area contributed by atoms with Crippen molar-refractivity contribution in [3.8, 4) is 0 Å². The Hall–Kier alpha value is -3.57. The molecule has 2 fully saturated rings. The van der Waals surface area contributed by atoms with E-state index in [0.29, 0.717) is 10.8 Å². The topological polar surface area (TPSA) is 255 Å². The maximum Gasteiger partial charge on any atom is 0.303 e. The van der Waals surface area contributed by atoms with Gasteiger partial charge in [0.1, 0.15) is 31.5 Å². The van der Waals surface area contributed by atoms with Gasteiger partial charge in [0.05, 0.1) is 6.61 Å². The van der Waals surface area contributed by atoms with E-state index in [1.165, 1.54) is 0 Å². The van der Waals surface area contributed by atoms with E-state index in [1.54, 1.807) is 0 Å². The molecule has 0 amide bonds. The average Bonchev–Trinajstić information content (AvgIpc) is 2.97. The van der Waals surface area contributed by atoms with Crippen molar-refractivity contribution in [2.75, 3.05) is 31.8 Å². The molecule has 2 saturated heterocycles. The van der Waals surface area contributed by atoms with Crippen LogP contribution in [-0.2, 0) is 94.5 Å². The Balaban J connectivity index is 2.69. The summed E-state index contributed by atoms with van der Waals surface area (Å²) < 4.78 is 84.6. The molecule has 0 bridgehead atoms. The fraction of sp³-hybridized carbons (Fsp3) is 0.759. The van der Waals surface area contributed by atoms with E-state index in [1.807, 2.05) is 0 Å². The Morgan fingerprint density at radius 1 is 0.529 bits per heavy atom. The lowest BCUT2D eigenvalue weighted by atomic mass is 9.96. The minimum Gasteiger partial charge on any atom is -0.463 e. The molecule has 0 aromatic carbocycles. The number of esters is 7. The van der Waals surface area contributed by atoms with Crippen LogP contribution in [0.15, 0.2) is 0 Å². The van der Waals surface area contributed by atoms with Crippen LogP contribution < -0.4 is 0 Å². The molecule has 0 aromatic rings. The first kappa shape index (κ1) is 43.6. The Kier molecular flexibility index (Phi) is 17.0. The third-order valence-corrected chi connectivity index (χ3v) is 9.09. The number of hydrogen-bond donors (Lipinski definition) is 0. The van der Waals surface area contributed by atoms with Gasteiger partial charge in [0.25, 0.3) is 0 Å². The quantitative estimate of drug-likeness (QED) is 0.0814. The largest absolute Gasteiger partial charge is 0.463 e. The van der Waals surface area contributed by atoms with Gasteiger partial charge in [-0.2, -0.15) is 0 Å². The van der Waals surface area contributed by atoms with Crippen LogP contribution in [0.25, 0.3) is 0 Å². The number of hydrogen-bond acceptors (Lipinski definition) is 21. The van der Waals surface area contributed by atoms with Crippen LogP contribution in [0.5, 0.6) is 0 Å². The zero-order valence-electron chi connectivity index (χ0n) is 29.1. The van der Waals surface area contributed by atoms with Gasteiger partial charge >= 0.3 is 41.8 Å². The highest BCUT2D eigenvalue weighted by atomic mass is 33.1. The lowest BCUT2D eigenvalue weighted by Gasteiger charge is -2.48. The Morgan fingerprint density at radius 3 is 1.33 bits per heavy atom. The van der Waals surface area contributed by atoms with Crippen molar-refractivity contribution in [3.05, 3.63) is 0 Å². The number of carbonyl (C=O) groups is 7. The van der Waals surface area contributed by atoms with Gasteiger partial charge in [-0.15, -0.1) is 0 Å². The summed E-state index contributed by atoms with van der Waals surface area (Å²) in [6.07, 6.45) is -15.1. The molecular weight excluding hydrogens is 732 g/mol. The second-order valence-electron chi connectivity index (χ2n) is 11.1. The lowest BCUT2D eigenvalue weighted by Crippen LogP contribution is -2.67. The molecule has 2 aliphatic heterocycles. The molecule has 0 aliphatic carbocycles. The van der Waals surface area contributed by atoms with Crippen molar-refractivity contribution in [1.82, 2.24) is 0 Å². The first-order chi connectivity index (χ1) is 23.7. The summed E-state index contributed by atoms with van der Waals surface area (Å²) in [4.78, 5) is 85.1. The standard InChI is InChI=1S/C29H42O20S2/c1-13(30)40-11-20-22(42-15(3)32)24(43-16(4)33)27(46-19(7)36)29(48-20)49-23-21(12-41-14(2)31)47-28(39-9-10-50-51(8,37)38)26(45-18(6)35)25(23)44-17(5)34/h20-29H,9-12H2,1-8H3/t20-,21-,22+,23-,24+,25+,26-,27-,28-,29+/m1/s1. The minimum atomic E-state index is -3.46. The van der Waals surface area contributed by atoms with Crippen molar-refractivity contribution >= 4 is 61.4 Å². The molecule has 51 heavy (non-hydrogen) atoms.